The third-order valence-corrected chi connectivity index (χ3v) is 2.60. The Kier molecular flexibility index (Phi) is 3.16. The first-order chi connectivity index (χ1) is 5.05. The molecular formula is C7H6Cl4. The zero-order valence-electron chi connectivity index (χ0n) is 5.58. The Morgan fingerprint density at radius 3 is 2.55 bits per heavy atom. The number of alkyl halides is 3. The molecule has 1 aliphatic rings. The van der Waals surface area contributed by atoms with E-state index in [0.717, 1.165) is 5.57 Å². The summed E-state index contributed by atoms with van der Waals surface area (Å²) in [6.07, 6.45) is 3.90. The van der Waals surface area contributed by atoms with Crippen LogP contribution < -0.4 is 0 Å². The second-order valence-corrected chi connectivity index (χ2v) is 4.60. The van der Waals surface area contributed by atoms with Crippen molar-refractivity contribution in [3.05, 3.63) is 22.8 Å². The standard InChI is InChI=1S/C7H6Cl4/c8-4-5-1-2-7(10,11)3-6(5)9/h1-2H,3-4H2. The van der Waals surface area contributed by atoms with Gasteiger partial charge in [-0.2, -0.15) is 0 Å². The van der Waals surface area contributed by atoms with Gasteiger partial charge in [-0.3, -0.25) is 0 Å². The summed E-state index contributed by atoms with van der Waals surface area (Å²) in [5.41, 5.74) is 0.894. The molecule has 11 heavy (non-hydrogen) atoms. The van der Waals surface area contributed by atoms with Crippen molar-refractivity contribution in [2.24, 2.45) is 0 Å². The number of hydrogen-bond donors (Lipinski definition) is 0. The smallest absolute Gasteiger partial charge is 0.122 e. The second-order valence-electron chi connectivity index (χ2n) is 2.33. The van der Waals surface area contributed by atoms with E-state index in [9.17, 15) is 0 Å². The average molecular weight is 232 g/mol. The number of halogens is 4. The fourth-order valence-corrected chi connectivity index (χ4v) is 2.00. The van der Waals surface area contributed by atoms with Gasteiger partial charge >= 0.3 is 0 Å². The molecule has 4 heteroatoms. The van der Waals surface area contributed by atoms with Crippen molar-refractivity contribution < 1.29 is 0 Å². The van der Waals surface area contributed by atoms with E-state index in [0.29, 0.717) is 17.3 Å². The molecule has 0 atom stereocenters. The van der Waals surface area contributed by atoms with Gasteiger partial charge in [0.05, 0.1) is 0 Å². The minimum atomic E-state index is -0.855. The molecule has 0 N–H and O–H groups in total. The van der Waals surface area contributed by atoms with Crippen LogP contribution >= 0.6 is 46.4 Å². The van der Waals surface area contributed by atoms with Gasteiger partial charge in [-0.05, 0) is 11.6 Å². The molecule has 62 valence electrons. The molecule has 0 aromatic carbocycles. The van der Waals surface area contributed by atoms with Crippen LogP contribution in [0.25, 0.3) is 0 Å². The lowest BCUT2D eigenvalue weighted by Gasteiger charge is -2.19. The minimum absolute atomic E-state index is 0.402. The molecule has 0 aliphatic heterocycles. The molecule has 0 aromatic heterocycles. The van der Waals surface area contributed by atoms with E-state index < -0.39 is 4.33 Å². The molecule has 0 heterocycles. The van der Waals surface area contributed by atoms with Gasteiger partial charge in [0.25, 0.3) is 0 Å². The summed E-state index contributed by atoms with van der Waals surface area (Å²) in [6, 6.07) is 0. The molecule has 0 radical (unpaired) electrons. The van der Waals surface area contributed by atoms with Gasteiger partial charge < -0.3 is 0 Å². The van der Waals surface area contributed by atoms with Crippen molar-refractivity contribution in [1.82, 2.24) is 0 Å². The molecule has 0 nitrogen and oxygen atoms in total. The Morgan fingerprint density at radius 2 is 2.09 bits per heavy atom. The van der Waals surface area contributed by atoms with Crippen LogP contribution in [-0.2, 0) is 0 Å². The van der Waals surface area contributed by atoms with Gasteiger partial charge in [0.2, 0.25) is 0 Å². The van der Waals surface area contributed by atoms with Crippen molar-refractivity contribution in [3.63, 3.8) is 0 Å². The van der Waals surface area contributed by atoms with E-state index in [1.54, 1.807) is 12.2 Å². The zero-order valence-corrected chi connectivity index (χ0v) is 8.60. The van der Waals surface area contributed by atoms with Crippen molar-refractivity contribution in [2.75, 3.05) is 5.88 Å². The molecule has 1 aliphatic carbocycles. The van der Waals surface area contributed by atoms with Crippen molar-refractivity contribution >= 4 is 46.4 Å². The second kappa shape index (κ2) is 3.57. The summed E-state index contributed by atoms with van der Waals surface area (Å²) in [5, 5.41) is 0.646. The summed E-state index contributed by atoms with van der Waals surface area (Å²) in [6.45, 7) is 0. The SMILES string of the molecule is ClCC1=C(Cl)CC(Cl)(Cl)C=C1. The third kappa shape index (κ3) is 2.55. The molecular weight excluding hydrogens is 226 g/mol. The fourth-order valence-electron chi connectivity index (χ4n) is 0.809. The van der Waals surface area contributed by atoms with E-state index in [-0.39, 0.29) is 0 Å². The Hall–Kier alpha value is 0.640. The Morgan fingerprint density at radius 1 is 1.45 bits per heavy atom. The van der Waals surface area contributed by atoms with Gasteiger partial charge in [-0.25, -0.2) is 0 Å². The molecule has 1 rings (SSSR count). The summed E-state index contributed by atoms with van der Waals surface area (Å²) in [4.78, 5) is 0. The molecule has 0 saturated heterocycles. The monoisotopic (exact) mass is 230 g/mol. The van der Waals surface area contributed by atoms with E-state index in [2.05, 4.69) is 0 Å². The maximum Gasteiger partial charge on any atom is 0.141 e. The van der Waals surface area contributed by atoms with Crippen LogP contribution in [0.2, 0.25) is 0 Å². The molecule has 0 saturated carbocycles. The summed E-state index contributed by atoms with van der Waals surface area (Å²) in [7, 11) is 0. The Labute approximate surface area is 85.8 Å². The topological polar surface area (TPSA) is 0 Å². The Balaban J connectivity index is 2.82. The van der Waals surface area contributed by atoms with Gasteiger partial charge in [0, 0.05) is 17.3 Å². The van der Waals surface area contributed by atoms with Crippen LogP contribution in [0.4, 0.5) is 0 Å². The van der Waals surface area contributed by atoms with Crippen LogP contribution in [0, 0.1) is 0 Å². The van der Waals surface area contributed by atoms with Crippen LogP contribution in [0.3, 0.4) is 0 Å². The average Bonchev–Trinajstić information content (AvgIpc) is 1.86. The van der Waals surface area contributed by atoms with Gasteiger partial charge in [-0.15, -0.1) is 11.6 Å². The first-order valence-electron chi connectivity index (χ1n) is 3.06. The maximum absolute atomic E-state index is 5.84. The van der Waals surface area contributed by atoms with Crippen molar-refractivity contribution in [3.8, 4) is 0 Å². The predicted molar refractivity (Wildman–Crippen MR) is 51.8 cm³/mol. The number of rotatable bonds is 1. The van der Waals surface area contributed by atoms with Crippen molar-refractivity contribution in [1.29, 1.82) is 0 Å². The molecule has 0 amide bonds. The highest BCUT2D eigenvalue weighted by Crippen LogP contribution is 2.37. The van der Waals surface area contributed by atoms with Crippen LogP contribution in [-0.4, -0.2) is 10.2 Å². The summed E-state index contributed by atoms with van der Waals surface area (Å²) >= 11 is 23.0. The predicted octanol–water partition coefficient (Wildman–Crippen LogP) is 3.85. The van der Waals surface area contributed by atoms with E-state index in [1.165, 1.54) is 0 Å². The van der Waals surface area contributed by atoms with Crippen LogP contribution in [0.5, 0.6) is 0 Å². The van der Waals surface area contributed by atoms with Gasteiger partial charge in [-0.1, -0.05) is 40.9 Å². The first kappa shape index (κ1) is 9.73. The molecule has 0 unspecified atom stereocenters. The third-order valence-electron chi connectivity index (χ3n) is 1.41. The molecule has 0 bridgehead atoms. The quantitative estimate of drug-likeness (QED) is 0.602. The Bertz CT molecular complexity index is 214. The summed E-state index contributed by atoms with van der Waals surface area (Å²) < 4.78 is -0.855. The number of allylic oxidation sites excluding steroid dienone is 4. The van der Waals surface area contributed by atoms with Crippen LogP contribution in [0.15, 0.2) is 22.8 Å². The van der Waals surface area contributed by atoms with E-state index in [1.807, 2.05) is 0 Å². The zero-order chi connectivity index (χ0) is 8.48. The van der Waals surface area contributed by atoms with Gasteiger partial charge in [0.15, 0.2) is 0 Å². The lowest BCUT2D eigenvalue weighted by Crippen LogP contribution is -2.13. The fraction of sp³-hybridized carbons (Fsp3) is 0.429. The van der Waals surface area contributed by atoms with E-state index >= 15 is 0 Å². The van der Waals surface area contributed by atoms with Crippen LogP contribution in [0.1, 0.15) is 6.42 Å². The lowest BCUT2D eigenvalue weighted by molar-refractivity contribution is 0.931. The molecule has 0 fully saturated rings. The highest BCUT2D eigenvalue weighted by molar-refractivity contribution is 6.50. The largest absolute Gasteiger partial charge is 0.141 e. The number of hydrogen-bond acceptors (Lipinski definition) is 0. The highest BCUT2D eigenvalue weighted by Gasteiger charge is 2.25. The first-order valence-corrected chi connectivity index (χ1v) is 4.72. The minimum Gasteiger partial charge on any atom is -0.122 e. The van der Waals surface area contributed by atoms with E-state index in [4.69, 9.17) is 46.4 Å². The normalized spacial score (nSPS) is 22.5. The van der Waals surface area contributed by atoms with Crippen molar-refractivity contribution in [2.45, 2.75) is 10.8 Å². The molecule has 0 spiro atoms. The maximum atomic E-state index is 5.84. The van der Waals surface area contributed by atoms with Gasteiger partial charge in [0.1, 0.15) is 4.33 Å². The highest BCUT2D eigenvalue weighted by atomic mass is 35.5. The molecule has 0 aromatic rings. The lowest BCUT2D eigenvalue weighted by atomic mass is 10.1. The summed E-state index contributed by atoms with van der Waals surface area (Å²) in [5.74, 6) is 0.402.